The van der Waals surface area contributed by atoms with E-state index in [-0.39, 0.29) is 12.4 Å². The number of H-pyrrole nitrogens is 1. The zero-order chi connectivity index (χ0) is 22.8. The summed E-state index contributed by atoms with van der Waals surface area (Å²) in [6, 6.07) is 33.1. The number of rotatable bonds is 2. The number of hydrogen-bond donors (Lipinski definition) is 1. The van der Waals surface area contributed by atoms with Crippen LogP contribution >= 0.6 is 23.2 Å². The topological polar surface area (TPSA) is 24.8 Å². The number of imidazole rings is 1. The minimum Gasteiger partial charge on any atom is -1.00 e. The van der Waals surface area contributed by atoms with Gasteiger partial charge in [0.1, 0.15) is 11.2 Å². The van der Waals surface area contributed by atoms with Gasteiger partial charge in [0.05, 0.1) is 5.52 Å². The molecule has 0 aliphatic heterocycles. The number of para-hydroxylation sites is 2. The van der Waals surface area contributed by atoms with Crippen LogP contribution in [-0.2, 0) is 0 Å². The molecule has 3 nitrogen and oxygen atoms in total. The van der Waals surface area contributed by atoms with Gasteiger partial charge in [-0.25, -0.2) is 0 Å². The molecule has 0 aliphatic carbocycles. The highest BCUT2D eigenvalue weighted by Gasteiger charge is 2.27. The smallest absolute Gasteiger partial charge is 0.255 e. The molecule has 3 heterocycles. The molecule has 0 radical (unpaired) electrons. The Morgan fingerprint density at radius 2 is 1.31 bits per heavy atom. The molecule has 0 spiro atoms. The molecule has 0 bridgehead atoms. The van der Waals surface area contributed by atoms with Crippen molar-refractivity contribution < 1.29 is 16.8 Å². The van der Waals surface area contributed by atoms with Gasteiger partial charge in [-0.3, -0.25) is 0 Å². The highest BCUT2D eigenvalue weighted by atomic mass is 35.5. The summed E-state index contributed by atoms with van der Waals surface area (Å²) in [6.07, 6.45) is 2.16. The fourth-order valence-electron chi connectivity index (χ4n) is 5.06. The lowest BCUT2D eigenvalue weighted by Gasteiger charge is -2.04. The van der Waals surface area contributed by atoms with Gasteiger partial charge in [0.25, 0.3) is 6.33 Å². The molecule has 7 rings (SSSR count). The Balaban J connectivity index is 0.00000229. The van der Waals surface area contributed by atoms with Crippen LogP contribution < -0.4 is 16.8 Å². The number of nitrogens with one attached hydrogen (secondary N) is 1. The first-order valence-electron chi connectivity index (χ1n) is 11.1. The summed E-state index contributed by atoms with van der Waals surface area (Å²) in [4.78, 5) is 3.73. The SMILES string of the molecule is Clc1ccc(-c2c3c4[nH]c5ccccc5c4c4ccccc4[n+]3cn2-c2ccc(Cl)cc2)cc1.[Cl-]. The number of pyridine rings is 1. The van der Waals surface area contributed by atoms with Gasteiger partial charge in [-0.1, -0.05) is 53.5 Å². The Morgan fingerprint density at radius 3 is 2.06 bits per heavy atom. The molecule has 0 fully saturated rings. The van der Waals surface area contributed by atoms with E-state index in [1.165, 1.54) is 16.2 Å². The molecule has 0 saturated heterocycles. The van der Waals surface area contributed by atoms with Gasteiger partial charge in [0.15, 0.2) is 5.69 Å². The van der Waals surface area contributed by atoms with Crippen LogP contribution in [-0.4, -0.2) is 9.55 Å². The van der Waals surface area contributed by atoms with Crippen molar-refractivity contribution in [2.24, 2.45) is 0 Å². The van der Waals surface area contributed by atoms with Crippen LogP contribution in [0.4, 0.5) is 0 Å². The van der Waals surface area contributed by atoms with Crippen LogP contribution in [0.15, 0.2) is 103 Å². The van der Waals surface area contributed by atoms with Crippen LogP contribution in [0.25, 0.3) is 55.2 Å². The van der Waals surface area contributed by atoms with E-state index in [0.717, 1.165) is 39.0 Å². The summed E-state index contributed by atoms with van der Waals surface area (Å²) in [6.45, 7) is 0. The Bertz CT molecular complexity index is 1860. The molecule has 6 heteroatoms. The van der Waals surface area contributed by atoms with E-state index in [4.69, 9.17) is 23.2 Å². The van der Waals surface area contributed by atoms with Crippen molar-refractivity contribution in [3.05, 3.63) is 113 Å². The van der Waals surface area contributed by atoms with Crippen LogP contribution in [0.1, 0.15) is 0 Å². The lowest BCUT2D eigenvalue weighted by molar-refractivity contribution is -0.480. The molecule has 0 saturated carbocycles. The molecule has 0 unspecified atom stereocenters. The Kier molecular flexibility index (Phi) is 5.23. The van der Waals surface area contributed by atoms with E-state index >= 15 is 0 Å². The highest BCUT2D eigenvalue weighted by Crippen LogP contribution is 2.38. The fourth-order valence-corrected chi connectivity index (χ4v) is 5.31. The average molecular weight is 515 g/mol. The number of aromatic nitrogens is 3. The molecule has 35 heavy (non-hydrogen) atoms. The highest BCUT2D eigenvalue weighted by molar-refractivity contribution is 6.31. The molecule has 4 aromatic carbocycles. The minimum atomic E-state index is 0. The van der Waals surface area contributed by atoms with Crippen molar-refractivity contribution in [3.63, 3.8) is 0 Å². The fraction of sp³-hybridized carbons (Fsp3) is 0. The lowest BCUT2D eigenvalue weighted by atomic mass is 10.0. The Hall–Kier alpha value is -3.50. The summed E-state index contributed by atoms with van der Waals surface area (Å²) < 4.78 is 4.51. The minimum absolute atomic E-state index is 0. The van der Waals surface area contributed by atoms with Crippen molar-refractivity contribution in [3.8, 4) is 16.9 Å². The summed E-state index contributed by atoms with van der Waals surface area (Å²) in [5.41, 5.74) is 7.69. The number of benzene rings is 4. The monoisotopic (exact) mass is 513 g/mol. The molecule has 170 valence electrons. The quantitative estimate of drug-likeness (QED) is 0.315. The van der Waals surface area contributed by atoms with E-state index in [9.17, 15) is 0 Å². The normalized spacial score (nSPS) is 11.5. The second-order valence-electron chi connectivity index (χ2n) is 8.47. The maximum absolute atomic E-state index is 6.26. The van der Waals surface area contributed by atoms with Crippen molar-refractivity contribution in [2.45, 2.75) is 0 Å². The maximum atomic E-state index is 6.26. The number of halogens is 3. The third-order valence-electron chi connectivity index (χ3n) is 6.54. The number of fused-ring (bicyclic) bond motifs is 8. The summed E-state index contributed by atoms with van der Waals surface area (Å²) in [5.74, 6) is 0. The third kappa shape index (κ3) is 3.31. The van der Waals surface area contributed by atoms with Gasteiger partial charge in [-0.15, -0.1) is 0 Å². The van der Waals surface area contributed by atoms with E-state index in [1.807, 2.05) is 36.4 Å². The van der Waals surface area contributed by atoms with E-state index in [0.29, 0.717) is 10.0 Å². The van der Waals surface area contributed by atoms with Gasteiger partial charge >= 0.3 is 0 Å². The standard InChI is InChI=1S/C29H18Cl2N3.ClH/c30-19-11-9-18(10-12-19)28-29-27-26(22-5-1-3-7-24(22)32-27)23-6-2-4-8-25(23)34(29)17-33(28)21-15-13-20(31)14-16-21;/h1-17,32H;1H/q+1;/p-1. The molecule has 0 amide bonds. The van der Waals surface area contributed by atoms with Gasteiger partial charge < -0.3 is 17.4 Å². The number of aromatic amines is 1. The molecular formula is C29H18Cl3N3. The summed E-state index contributed by atoms with van der Waals surface area (Å²) in [5, 5.41) is 5.09. The molecular weight excluding hydrogens is 497 g/mol. The molecule has 0 atom stereocenters. The number of nitrogens with zero attached hydrogens (tertiary/aromatic N) is 2. The van der Waals surface area contributed by atoms with Crippen LogP contribution in [0, 0.1) is 0 Å². The molecule has 1 N–H and O–H groups in total. The van der Waals surface area contributed by atoms with Gasteiger partial charge in [0.2, 0.25) is 5.52 Å². The van der Waals surface area contributed by atoms with Crippen molar-refractivity contribution in [1.29, 1.82) is 0 Å². The summed E-state index contributed by atoms with van der Waals surface area (Å²) in [7, 11) is 0. The lowest BCUT2D eigenvalue weighted by Crippen LogP contribution is -3.00. The second-order valence-corrected chi connectivity index (χ2v) is 9.35. The molecule has 0 aliphatic rings. The van der Waals surface area contributed by atoms with Crippen molar-refractivity contribution in [2.75, 3.05) is 0 Å². The average Bonchev–Trinajstić information content (AvgIpc) is 3.45. The van der Waals surface area contributed by atoms with Crippen LogP contribution in [0.2, 0.25) is 10.0 Å². The second kappa shape index (κ2) is 8.31. The predicted molar refractivity (Wildman–Crippen MR) is 141 cm³/mol. The third-order valence-corrected chi connectivity index (χ3v) is 7.04. The first kappa shape index (κ1) is 22.0. The number of hydrogen-bond acceptors (Lipinski definition) is 0. The predicted octanol–water partition coefficient (Wildman–Crippen LogP) is 4.98. The largest absolute Gasteiger partial charge is 1.00 e. The van der Waals surface area contributed by atoms with Gasteiger partial charge in [-0.05, 0) is 66.7 Å². The van der Waals surface area contributed by atoms with E-state index < -0.39 is 0 Å². The van der Waals surface area contributed by atoms with Crippen LogP contribution in [0.3, 0.4) is 0 Å². The zero-order valence-corrected chi connectivity index (χ0v) is 20.6. The Morgan fingerprint density at radius 1 is 0.686 bits per heavy atom. The maximum Gasteiger partial charge on any atom is 0.255 e. The van der Waals surface area contributed by atoms with E-state index in [2.05, 4.69) is 80.9 Å². The first-order valence-corrected chi connectivity index (χ1v) is 11.8. The van der Waals surface area contributed by atoms with Gasteiger partial charge in [-0.2, -0.15) is 8.97 Å². The Labute approximate surface area is 217 Å². The van der Waals surface area contributed by atoms with Crippen LogP contribution in [0.5, 0.6) is 0 Å². The first-order chi connectivity index (χ1) is 16.7. The van der Waals surface area contributed by atoms with Crippen molar-refractivity contribution >= 4 is 61.4 Å². The molecule has 3 aromatic heterocycles. The zero-order valence-electron chi connectivity index (χ0n) is 18.3. The van der Waals surface area contributed by atoms with E-state index in [1.54, 1.807) is 0 Å². The molecule has 7 aromatic rings. The van der Waals surface area contributed by atoms with Crippen molar-refractivity contribution in [1.82, 2.24) is 9.55 Å². The summed E-state index contributed by atoms with van der Waals surface area (Å²) >= 11 is 12.5. The van der Waals surface area contributed by atoms with Gasteiger partial charge in [0, 0.05) is 37.3 Å².